The molecule has 0 saturated carbocycles. The summed E-state index contributed by atoms with van der Waals surface area (Å²) in [6.07, 6.45) is 1.55. The molecule has 1 saturated heterocycles. The van der Waals surface area contributed by atoms with Crippen LogP contribution in [0.25, 0.3) is 0 Å². The van der Waals surface area contributed by atoms with E-state index in [2.05, 4.69) is 9.62 Å². The molecule has 21 heavy (non-hydrogen) atoms. The molecule has 0 aromatic heterocycles. The number of likely N-dealkylation sites (tertiary alicyclic amines) is 1. The highest BCUT2D eigenvalue weighted by Gasteiger charge is 2.26. The Morgan fingerprint density at radius 1 is 1.33 bits per heavy atom. The molecule has 1 heterocycles. The van der Waals surface area contributed by atoms with Gasteiger partial charge in [0, 0.05) is 17.6 Å². The lowest BCUT2D eigenvalue weighted by atomic mass is 10.1. The third-order valence-corrected chi connectivity index (χ3v) is 5.95. The molecule has 0 spiro atoms. The Labute approximate surface area is 135 Å². The van der Waals surface area contributed by atoms with Crippen LogP contribution in [0.4, 0.5) is 0 Å². The minimum absolute atomic E-state index is 0.00366. The van der Waals surface area contributed by atoms with Crippen molar-refractivity contribution in [2.24, 2.45) is 5.73 Å². The van der Waals surface area contributed by atoms with E-state index in [0.29, 0.717) is 10.6 Å². The second-order valence-electron chi connectivity index (χ2n) is 5.28. The molecule has 0 unspecified atom stereocenters. The molecule has 2 rings (SSSR count). The van der Waals surface area contributed by atoms with E-state index in [0.717, 1.165) is 25.9 Å². The van der Waals surface area contributed by atoms with Crippen LogP contribution in [0, 0.1) is 0 Å². The van der Waals surface area contributed by atoms with E-state index in [1.54, 1.807) is 6.07 Å². The third kappa shape index (κ3) is 4.09. The van der Waals surface area contributed by atoms with Crippen LogP contribution in [-0.4, -0.2) is 39.5 Å². The van der Waals surface area contributed by atoms with E-state index >= 15 is 0 Å². The number of nitrogens with one attached hydrogen (secondary N) is 1. The van der Waals surface area contributed by atoms with Gasteiger partial charge in [0.1, 0.15) is 4.90 Å². The van der Waals surface area contributed by atoms with Crippen molar-refractivity contribution in [3.63, 3.8) is 0 Å². The zero-order valence-electron chi connectivity index (χ0n) is 11.8. The molecule has 1 aliphatic rings. The largest absolute Gasteiger partial charge is 0.326 e. The minimum Gasteiger partial charge on any atom is -0.326 e. The lowest BCUT2D eigenvalue weighted by Gasteiger charge is -2.29. The maximum atomic E-state index is 12.5. The van der Waals surface area contributed by atoms with Crippen LogP contribution in [-0.2, 0) is 16.6 Å². The van der Waals surface area contributed by atoms with Gasteiger partial charge in [-0.2, -0.15) is 0 Å². The molecular formula is C13H19Cl2N3O2S. The molecule has 8 heteroatoms. The quantitative estimate of drug-likeness (QED) is 0.867. The molecule has 3 N–H and O–H groups in total. The summed E-state index contributed by atoms with van der Waals surface area (Å²) in [5.74, 6) is 0. The highest BCUT2D eigenvalue weighted by molar-refractivity contribution is 7.89. The molecule has 0 atom stereocenters. The van der Waals surface area contributed by atoms with Crippen LogP contribution < -0.4 is 10.5 Å². The highest BCUT2D eigenvalue weighted by Crippen LogP contribution is 2.29. The first-order valence-electron chi connectivity index (χ1n) is 6.72. The van der Waals surface area contributed by atoms with Crippen molar-refractivity contribution in [3.8, 4) is 0 Å². The molecule has 118 valence electrons. The van der Waals surface area contributed by atoms with Gasteiger partial charge in [0.2, 0.25) is 10.0 Å². The Balaban J connectivity index is 2.25. The normalized spacial score (nSPS) is 18.1. The molecule has 1 aromatic rings. The van der Waals surface area contributed by atoms with Crippen LogP contribution in [0.1, 0.15) is 18.4 Å². The highest BCUT2D eigenvalue weighted by atomic mass is 35.5. The number of piperidine rings is 1. The average Bonchev–Trinajstić information content (AvgIpc) is 2.43. The number of nitrogens with two attached hydrogens (primary N) is 1. The second kappa shape index (κ2) is 6.81. The standard InChI is InChI=1S/C13H19Cl2N3O2S/c1-18-4-2-11(3-5-18)17-21(19,20)12-7-10(14)6-9(8-16)13(12)15/h6-7,11,17H,2-5,8,16H2,1H3. The number of benzene rings is 1. The van der Waals surface area contributed by atoms with E-state index in [9.17, 15) is 8.42 Å². The molecule has 1 aromatic carbocycles. The smallest absolute Gasteiger partial charge is 0.242 e. The summed E-state index contributed by atoms with van der Waals surface area (Å²) in [5, 5.41) is 0.450. The second-order valence-corrected chi connectivity index (χ2v) is 7.78. The maximum absolute atomic E-state index is 12.5. The van der Waals surface area contributed by atoms with Gasteiger partial charge in [-0.15, -0.1) is 0 Å². The van der Waals surface area contributed by atoms with Gasteiger partial charge in [-0.05, 0) is 50.7 Å². The molecule has 0 aliphatic carbocycles. The van der Waals surface area contributed by atoms with E-state index in [1.165, 1.54) is 6.07 Å². The van der Waals surface area contributed by atoms with Crippen molar-refractivity contribution in [1.29, 1.82) is 0 Å². The SMILES string of the molecule is CN1CCC(NS(=O)(=O)c2cc(Cl)cc(CN)c2Cl)CC1. The number of hydrogen-bond donors (Lipinski definition) is 2. The zero-order chi connectivity index (χ0) is 15.6. The van der Waals surface area contributed by atoms with Crippen LogP contribution in [0.2, 0.25) is 10.0 Å². The Morgan fingerprint density at radius 3 is 2.52 bits per heavy atom. The van der Waals surface area contributed by atoms with E-state index < -0.39 is 10.0 Å². The van der Waals surface area contributed by atoms with Gasteiger partial charge < -0.3 is 10.6 Å². The fourth-order valence-corrected chi connectivity index (χ4v) is 4.62. The third-order valence-electron chi connectivity index (χ3n) is 3.63. The summed E-state index contributed by atoms with van der Waals surface area (Å²) >= 11 is 12.1. The average molecular weight is 352 g/mol. The summed E-state index contributed by atoms with van der Waals surface area (Å²) in [6.45, 7) is 1.87. The van der Waals surface area contributed by atoms with Gasteiger partial charge in [-0.3, -0.25) is 0 Å². The van der Waals surface area contributed by atoms with Crippen molar-refractivity contribution in [1.82, 2.24) is 9.62 Å². The topological polar surface area (TPSA) is 75.4 Å². The Hall–Kier alpha value is -0.370. The van der Waals surface area contributed by atoms with Crippen molar-refractivity contribution >= 4 is 33.2 Å². The summed E-state index contributed by atoms with van der Waals surface area (Å²) in [7, 11) is -1.68. The molecule has 1 aliphatic heterocycles. The summed E-state index contributed by atoms with van der Waals surface area (Å²) in [6, 6.07) is 2.86. The molecule has 0 radical (unpaired) electrons. The van der Waals surface area contributed by atoms with Crippen LogP contribution >= 0.6 is 23.2 Å². The van der Waals surface area contributed by atoms with E-state index in [1.807, 2.05) is 7.05 Å². The zero-order valence-corrected chi connectivity index (χ0v) is 14.1. The molecule has 0 bridgehead atoms. The number of hydrogen-bond acceptors (Lipinski definition) is 4. The van der Waals surface area contributed by atoms with Gasteiger partial charge in [-0.1, -0.05) is 23.2 Å². The van der Waals surface area contributed by atoms with Gasteiger partial charge in [0.15, 0.2) is 0 Å². The first-order chi connectivity index (χ1) is 9.83. The summed E-state index contributed by atoms with van der Waals surface area (Å²) < 4.78 is 27.7. The van der Waals surface area contributed by atoms with E-state index in [4.69, 9.17) is 28.9 Å². The maximum Gasteiger partial charge on any atom is 0.242 e. The summed E-state index contributed by atoms with van der Waals surface area (Å²) in [4.78, 5) is 2.17. The van der Waals surface area contributed by atoms with E-state index in [-0.39, 0.29) is 22.5 Å². The lowest BCUT2D eigenvalue weighted by molar-refractivity contribution is 0.248. The number of sulfonamides is 1. The monoisotopic (exact) mass is 351 g/mol. The van der Waals surface area contributed by atoms with Gasteiger partial charge in [0.05, 0.1) is 5.02 Å². The minimum atomic E-state index is -3.70. The van der Waals surface area contributed by atoms with Gasteiger partial charge >= 0.3 is 0 Å². The fraction of sp³-hybridized carbons (Fsp3) is 0.538. The molecular weight excluding hydrogens is 333 g/mol. The molecule has 0 amide bonds. The Bertz CT molecular complexity index is 614. The predicted molar refractivity (Wildman–Crippen MR) is 85.2 cm³/mol. The first kappa shape index (κ1) is 17.0. The fourth-order valence-electron chi connectivity index (χ4n) is 2.37. The number of halogens is 2. The predicted octanol–water partition coefficient (Wildman–Crippen LogP) is 1.82. The van der Waals surface area contributed by atoms with Crippen molar-refractivity contribution in [2.75, 3.05) is 20.1 Å². The van der Waals surface area contributed by atoms with Gasteiger partial charge in [-0.25, -0.2) is 13.1 Å². The lowest BCUT2D eigenvalue weighted by Crippen LogP contribution is -2.43. The van der Waals surface area contributed by atoms with Crippen molar-refractivity contribution < 1.29 is 8.42 Å². The first-order valence-corrected chi connectivity index (χ1v) is 8.96. The van der Waals surface area contributed by atoms with Crippen molar-refractivity contribution in [3.05, 3.63) is 27.7 Å². The van der Waals surface area contributed by atoms with Crippen LogP contribution in [0.5, 0.6) is 0 Å². The Kier molecular flexibility index (Phi) is 5.51. The van der Waals surface area contributed by atoms with Crippen LogP contribution in [0.3, 0.4) is 0 Å². The van der Waals surface area contributed by atoms with Crippen LogP contribution in [0.15, 0.2) is 17.0 Å². The van der Waals surface area contributed by atoms with Crippen molar-refractivity contribution in [2.45, 2.75) is 30.3 Å². The Morgan fingerprint density at radius 2 is 1.95 bits per heavy atom. The van der Waals surface area contributed by atoms with Gasteiger partial charge in [0.25, 0.3) is 0 Å². The molecule has 1 fully saturated rings. The summed E-state index contributed by atoms with van der Waals surface area (Å²) in [5.41, 5.74) is 6.09. The number of rotatable bonds is 4. The molecule has 5 nitrogen and oxygen atoms in total. The number of nitrogens with zero attached hydrogens (tertiary/aromatic N) is 1.